The highest BCUT2D eigenvalue weighted by atomic mass is 16.5. The van der Waals surface area contributed by atoms with Gasteiger partial charge in [0.05, 0.1) is 6.61 Å². The number of anilines is 1. The molecular weight excluding hydrogens is 382 g/mol. The number of methoxy groups -OCH3 is 1. The van der Waals surface area contributed by atoms with Crippen molar-refractivity contribution in [3.05, 3.63) is 53.2 Å². The van der Waals surface area contributed by atoms with Crippen molar-refractivity contribution in [2.75, 3.05) is 39.2 Å². The van der Waals surface area contributed by atoms with Crippen LogP contribution in [0.3, 0.4) is 0 Å². The van der Waals surface area contributed by atoms with Gasteiger partial charge in [-0.2, -0.15) is 0 Å². The van der Waals surface area contributed by atoms with Gasteiger partial charge in [0.25, 0.3) is 0 Å². The summed E-state index contributed by atoms with van der Waals surface area (Å²) < 4.78 is 10.9. The van der Waals surface area contributed by atoms with Crippen LogP contribution in [0.15, 0.2) is 41.4 Å². The highest BCUT2D eigenvalue weighted by Crippen LogP contribution is 2.20. The van der Waals surface area contributed by atoms with Gasteiger partial charge in [0, 0.05) is 44.9 Å². The van der Waals surface area contributed by atoms with E-state index in [1.165, 1.54) is 0 Å². The summed E-state index contributed by atoms with van der Waals surface area (Å²) in [7, 11) is 3.34. The lowest BCUT2D eigenvalue weighted by atomic mass is 10.1. The fraction of sp³-hybridized carbons (Fsp3) is 0.409. The quantitative estimate of drug-likeness (QED) is 0.314. The zero-order valence-corrected chi connectivity index (χ0v) is 18.1. The normalized spacial score (nSPS) is 11.1. The third-order valence-electron chi connectivity index (χ3n) is 4.24. The summed E-state index contributed by atoms with van der Waals surface area (Å²) in [5.41, 5.74) is 3.00. The molecule has 0 aliphatic rings. The molecule has 1 aromatic carbocycles. The van der Waals surface area contributed by atoms with Gasteiger partial charge < -0.3 is 25.4 Å². The van der Waals surface area contributed by atoms with E-state index in [0.29, 0.717) is 44.5 Å². The number of hydrogen-bond acceptors (Lipinski definition) is 5. The lowest BCUT2D eigenvalue weighted by molar-refractivity contribution is -0.116. The molecule has 0 radical (unpaired) electrons. The summed E-state index contributed by atoms with van der Waals surface area (Å²) in [6, 6.07) is 11.6. The van der Waals surface area contributed by atoms with Crippen LogP contribution in [-0.4, -0.2) is 50.8 Å². The number of rotatable bonds is 10. The Bertz CT molecular complexity index is 854. The average molecular weight is 414 g/mol. The Hall–Kier alpha value is -3.13. The highest BCUT2D eigenvalue weighted by molar-refractivity contribution is 5.90. The van der Waals surface area contributed by atoms with E-state index in [2.05, 4.69) is 25.9 Å². The van der Waals surface area contributed by atoms with Crippen molar-refractivity contribution < 1.29 is 14.3 Å². The number of nitrogens with zero attached hydrogens (tertiary/aromatic N) is 2. The molecule has 30 heavy (non-hydrogen) atoms. The highest BCUT2D eigenvalue weighted by Gasteiger charge is 2.07. The van der Waals surface area contributed by atoms with Gasteiger partial charge in [-0.25, -0.2) is 4.98 Å². The van der Waals surface area contributed by atoms with Gasteiger partial charge in [-0.15, -0.1) is 0 Å². The zero-order valence-electron chi connectivity index (χ0n) is 18.1. The minimum absolute atomic E-state index is 0.108. The Balaban J connectivity index is 1.80. The Labute approximate surface area is 178 Å². The molecule has 0 atom stereocenters. The molecule has 0 saturated carbocycles. The molecule has 0 unspecified atom stereocenters. The summed E-state index contributed by atoms with van der Waals surface area (Å²) in [6.45, 7) is 5.92. The van der Waals surface area contributed by atoms with Crippen molar-refractivity contribution in [1.82, 2.24) is 15.6 Å². The van der Waals surface area contributed by atoms with Crippen molar-refractivity contribution in [2.45, 2.75) is 26.8 Å². The van der Waals surface area contributed by atoms with Crippen molar-refractivity contribution in [1.29, 1.82) is 0 Å². The van der Waals surface area contributed by atoms with Crippen LogP contribution in [0.4, 0.5) is 5.82 Å². The number of amides is 1. The number of carbonyl (C=O) groups is 1. The fourth-order valence-corrected chi connectivity index (χ4v) is 2.69. The van der Waals surface area contributed by atoms with Gasteiger partial charge in [0.2, 0.25) is 5.91 Å². The second kappa shape index (κ2) is 12.4. The van der Waals surface area contributed by atoms with E-state index < -0.39 is 0 Å². The van der Waals surface area contributed by atoms with Gasteiger partial charge in [-0.3, -0.25) is 9.79 Å². The third-order valence-corrected chi connectivity index (χ3v) is 4.24. The second-order valence-corrected chi connectivity index (χ2v) is 6.77. The van der Waals surface area contributed by atoms with Crippen LogP contribution in [0, 0.1) is 13.8 Å². The molecule has 2 rings (SSSR count). The monoisotopic (exact) mass is 413 g/mol. The molecule has 8 heteroatoms. The van der Waals surface area contributed by atoms with Crippen LogP contribution in [0.2, 0.25) is 0 Å². The standard InChI is InChI=1S/C22H31N5O3/c1-16-8-9-18(19(14-16)30-13-12-29-4)15-25-22(23-3)24-11-10-21(28)27-20-7-5-6-17(2)26-20/h5-9,14H,10-13,15H2,1-4H3,(H2,23,24,25)(H,26,27,28). The molecule has 0 saturated heterocycles. The molecular formula is C22H31N5O3. The average Bonchev–Trinajstić information content (AvgIpc) is 2.72. The molecule has 2 aromatic rings. The Morgan fingerprint density at radius 3 is 2.70 bits per heavy atom. The van der Waals surface area contributed by atoms with E-state index in [0.717, 1.165) is 22.6 Å². The molecule has 1 heterocycles. The first-order chi connectivity index (χ1) is 14.5. The molecule has 0 aliphatic heterocycles. The van der Waals surface area contributed by atoms with Gasteiger partial charge in [0.15, 0.2) is 5.96 Å². The smallest absolute Gasteiger partial charge is 0.227 e. The van der Waals surface area contributed by atoms with E-state index in [-0.39, 0.29) is 5.91 Å². The number of hydrogen-bond donors (Lipinski definition) is 3. The predicted octanol–water partition coefficient (Wildman–Crippen LogP) is 2.42. The topological polar surface area (TPSA) is 96.9 Å². The van der Waals surface area contributed by atoms with Gasteiger partial charge in [-0.05, 0) is 37.6 Å². The van der Waals surface area contributed by atoms with Crippen LogP contribution in [0.1, 0.15) is 23.2 Å². The lowest BCUT2D eigenvalue weighted by Gasteiger charge is -2.15. The number of aliphatic imine (C=N–C) groups is 1. The maximum atomic E-state index is 12.1. The summed E-state index contributed by atoms with van der Waals surface area (Å²) in [4.78, 5) is 20.6. The molecule has 0 aliphatic carbocycles. The van der Waals surface area contributed by atoms with Crippen LogP contribution < -0.4 is 20.7 Å². The number of nitrogens with one attached hydrogen (secondary N) is 3. The number of ether oxygens (including phenoxy) is 2. The molecule has 0 spiro atoms. The SMILES string of the molecule is CN=C(NCCC(=O)Nc1cccc(C)n1)NCc1ccc(C)cc1OCCOC. The van der Waals surface area contributed by atoms with Gasteiger partial charge in [-0.1, -0.05) is 18.2 Å². The fourth-order valence-electron chi connectivity index (χ4n) is 2.69. The first-order valence-electron chi connectivity index (χ1n) is 9.91. The molecule has 1 amide bonds. The van der Waals surface area contributed by atoms with Crippen molar-refractivity contribution in [3.8, 4) is 5.75 Å². The largest absolute Gasteiger partial charge is 0.491 e. The van der Waals surface area contributed by atoms with Crippen molar-refractivity contribution in [2.24, 2.45) is 4.99 Å². The Morgan fingerprint density at radius 1 is 1.13 bits per heavy atom. The van der Waals surface area contributed by atoms with E-state index in [1.54, 1.807) is 20.2 Å². The van der Waals surface area contributed by atoms with Crippen LogP contribution in [-0.2, 0) is 16.1 Å². The summed E-state index contributed by atoms with van der Waals surface area (Å²) in [5, 5.41) is 9.19. The number of guanidine groups is 1. The Morgan fingerprint density at radius 2 is 1.97 bits per heavy atom. The first kappa shape index (κ1) is 23.2. The van der Waals surface area contributed by atoms with Crippen molar-refractivity contribution in [3.63, 3.8) is 0 Å². The molecule has 162 valence electrons. The van der Waals surface area contributed by atoms with Gasteiger partial charge >= 0.3 is 0 Å². The van der Waals surface area contributed by atoms with Crippen LogP contribution in [0.25, 0.3) is 0 Å². The van der Waals surface area contributed by atoms with E-state index in [9.17, 15) is 4.79 Å². The molecule has 0 bridgehead atoms. The number of pyridine rings is 1. The first-order valence-corrected chi connectivity index (χ1v) is 9.91. The Kier molecular flexibility index (Phi) is 9.60. The van der Waals surface area contributed by atoms with E-state index in [1.807, 2.05) is 44.2 Å². The third kappa shape index (κ3) is 8.08. The van der Waals surface area contributed by atoms with Crippen molar-refractivity contribution >= 4 is 17.7 Å². The maximum Gasteiger partial charge on any atom is 0.227 e. The molecule has 8 nitrogen and oxygen atoms in total. The van der Waals surface area contributed by atoms with E-state index in [4.69, 9.17) is 9.47 Å². The summed E-state index contributed by atoms with van der Waals surface area (Å²) in [6.07, 6.45) is 0.298. The minimum Gasteiger partial charge on any atom is -0.491 e. The number of aromatic nitrogens is 1. The summed E-state index contributed by atoms with van der Waals surface area (Å²) in [5.74, 6) is 1.88. The van der Waals surface area contributed by atoms with E-state index >= 15 is 0 Å². The van der Waals surface area contributed by atoms with Gasteiger partial charge in [0.1, 0.15) is 18.2 Å². The number of carbonyl (C=O) groups excluding carboxylic acids is 1. The zero-order chi connectivity index (χ0) is 21.8. The minimum atomic E-state index is -0.108. The summed E-state index contributed by atoms with van der Waals surface area (Å²) >= 11 is 0. The second-order valence-electron chi connectivity index (χ2n) is 6.77. The molecule has 1 aromatic heterocycles. The van der Waals surface area contributed by atoms with Crippen LogP contribution >= 0.6 is 0 Å². The maximum absolute atomic E-state index is 12.1. The lowest BCUT2D eigenvalue weighted by Crippen LogP contribution is -2.38. The molecule has 0 fully saturated rings. The predicted molar refractivity (Wildman–Crippen MR) is 119 cm³/mol. The number of aryl methyl sites for hydroxylation is 2. The van der Waals surface area contributed by atoms with Crippen LogP contribution in [0.5, 0.6) is 5.75 Å². The molecule has 3 N–H and O–H groups in total. The number of benzene rings is 1.